The molecular formula is C17H22FNO. The summed E-state index contributed by atoms with van der Waals surface area (Å²) in [5.41, 5.74) is 0.679. The standard InChI is InChI=1S/C17H22FNO/c18-15-1-2-16(20)14(8-15)9-19-17-12-4-10-3-11(6-12)7-13(17)5-10/h1-2,8,10-13,17,19-20H,3-7,9H2. The molecule has 4 bridgehead atoms. The zero-order valence-corrected chi connectivity index (χ0v) is 11.7. The van der Waals surface area contributed by atoms with Crippen LogP contribution in [0.3, 0.4) is 0 Å². The minimum absolute atomic E-state index is 0.197. The van der Waals surface area contributed by atoms with Crippen molar-refractivity contribution < 1.29 is 9.50 Å². The summed E-state index contributed by atoms with van der Waals surface area (Å²) < 4.78 is 13.3. The molecule has 3 heteroatoms. The zero-order valence-electron chi connectivity index (χ0n) is 11.7. The first-order valence-corrected chi connectivity index (χ1v) is 7.90. The van der Waals surface area contributed by atoms with Crippen molar-refractivity contribution in [1.29, 1.82) is 0 Å². The van der Waals surface area contributed by atoms with Crippen LogP contribution < -0.4 is 5.32 Å². The van der Waals surface area contributed by atoms with Crippen LogP contribution in [0.4, 0.5) is 4.39 Å². The number of phenolic OH excluding ortho intramolecular Hbond substituents is 1. The lowest BCUT2D eigenvalue weighted by Crippen LogP contribution is -2.54. The van der Waals surface area contributed by atoms with Crippen LogP contribution in [-0.4, -0.2) is 11.1 Å². The molecule has 20 heavy (non-hydrogen) atoms. The van der Waals surface area contributed by atoms with Crippen LogP contribution in [0.1, 0.15) is 37.7 Å². The Balaban J connectivity index is 1.46. The molecule has 0 unspecified atom stereocenters. The molecule has 4 aliphatic carbocycles. The maximum absolute atomic E-state index is 13.3. The molecule has 4 fully saturated rings. The summed E-state index contributed by atoms with van der Waals surface area (Å²) in [6.45, 7) is 0.580. The Kier molecular flexibility index (Phi) is 2.99. The Bertz CT molecular complexity index is 488. The minimum Gasteiger partial charge on any atom is -0.508 e. The van der Waals surface area contributed by atoms with Crippen molar-refractivity contribution in [1.82, 2.24) is 5.32 Å². The van der Waals surface area contributed by atoms with Crippen LogP contribution in [-0.2, 0) is 6.54 Å². The van der Waals surface area contributed by atoms with E-state index in [1.807, 2.05) is 0 Å². The molecule has 5 rings (SSSR count). The van der Waals surface area contributed by atoms with Crippen molar-refractivity contribution in [3.05, 3.63) is 29.6 Å². The molecule has 1 aromatic rings. The molecule has 2 N–H and O–H groups in total. The normalized spacial score (nSPS) is 38.4. The molecule has 4 aliphatic rings. The molecule has 0 aromatic heterocycles. The van der Waals surface area contributed by atoms with Crippen molar-refractivity contribution in [2.24, 2.45) is 23.7 Å². The van der Waals surface area contributed by atoms with Gasteiger partial charge in [-0.05, 0) is 74.0 Å². The van der Waals surface area contributed by atoms with Gasteiger partial charge in [-0.1, -0.05) is 0 Å². The molecule has 0 atom stereocenters. The second-order valence-electron chi connectivity index (χ2n) is 7.11. The third-order valence-electron chi connectivity index (χ3n) is 5.80. The first-order chi connectivity index (χ1) is 9.69. The third-order valence-corrected chi connectivity index (χ3v) is 5.80. The predicted octanol–water partition coefficient (Wildman–Crippen LogP) is 3.45. The van der Waals surface area contributed by atoms with E-state index in [-0.39, 0.29) is 11.6 Å². The quantitative estimate of drug-likeness (QED) is 0.885. The monoisotopic (exact) mass is 275 g/mol. The summed E-state index contributed by atoms with van der Waals surface area (Å²) in [5.74, 6) is 3.48. The number of phenols is 1. The van der Waals surface area contributed by atoms with Crippen LogP contribution in [0.5, 0.6) is 5.75 Å². The molecule has 0 heterocycles. The van der Waals surface area contributed by atoms with Crippen LogP contribution in [0.15, 0.2) is 18.2 Å². The predicted molar refractivity (Wildman–Crippen MR) is 75.7 cm³/mol. The Morgan fingerprint density at radius 2 is 1.70 bits per heavy atom. The molecule has 0 amide bonds. The molecule has 0 saturated heterocycles. The van der Waals surface area contributed by atoms with Gasteiger partial charge in [0.15, 0.2) is 0 Å². The van der Waals surface area contributed by atoms with Gasteiger partial charge in [0.25, 0.3) is 0 Å². The van der Waals surface area contributed by atoms with Gasteiger partial charge in [0.1, 0.15) is 11.6 Å². The number of halogens is 1. The molecule has 4 saturated carbocycles. The summed E-state index contributed by atoms with van der Waals surface area (Å²) in [6, 6.07) is 4.77. The van der Waals surface area contributed by atoms with E-state index in [0.29, 0.717) is 18.2 Å². The fourth-order valence-corrected chi connectivity index (χ4v) is 5.18. The first-order valence-electron chi connectivity index (χ1n) is 7.90. The average molecular weight is 275 g/mol. The van der Waals surface area contributed by atoms with E-state index < -0.39 is 0 Å². The summed E-state index contributed by atoms with van der Waals surface area (Å²) in [5, 5.41) is 13.4. The van der Waals surface area contributed by atoms with Gasteiger partial charge in [0.2, 0.25) is 0 Å². The van der Waals surface area contributed by atoms with E-state index in [9.17, 15) is 9.50 Å². The molecule has 2 nitrogen and oxygen atoms in total. The number of hydrogen-bond donors (Lipinski definition) is 2. The fraction of sp³-hybridized carbons (Fsp3) is 0.647. The van der Waals surface area contributed by atoms with Crippen LogP contribution in [0.25, 0.3) is 0 Å². The summed E-state index contributed by atoms with van der Waals surface area (Å²) >= 11 is 0. The van der Waals surface area contributed by atoms with Crippen molar-refractivity contribution >= 4 is 0 Å². The molecular weight excluding hydrogens is 253 g/mol. The smallest absolute Gasteiger partial charge is 0.123 e. The summed E-state index contributed by atoms with van der Waals surface area (Å²) in [6.07, 6.45) is 6.96. The summed E-state index contributed by atoms with van der Waals surface area (Å²) in [7, 11) is 0. The van der Waals surface area contributed by atoms with Gasteiger partial charge in [-0.3, -0.25) is 0 Å². The SMILES string of the molecule is Oc1ccc(F)cc1CNC1C2CC3CC(C2)CC1C3. The topological polar surface area (TPSA) is 32.3 Å². The van der Waals surface area contributed by atoms with Gasteiger partial charge in [0, 0.05) is 18.2 Å². The van der Waals surface area contributed by atoms with Crippen LogP contribution in [0, 0.1) is 29.5 Å². The van der Waals surface area contributed by atoms with Gasteiger partial charge in [0.05, 0.1) is 0 Å². The highest BCUT2D eigenvalue weighted by Gasteiger charge is 2.47. The number of aromatic hydroxyl groups is 1. The van der Waals surface area contributed by atoms with Crippen molar-refractivity contribution in [3.8, 4) is 5.75 Å². The Labute approximate surface area is 119 Å². The van der Waals surface area contributed by atoms with Gasteiger partial charge in [-0.15, -0.1) is 0 Å². The molecule has 1 aromatic carbocycles. The molecule has 0 radical (unpaired) electrons. The fourth-order valence-electron chi connectivity index (χ4n) is 5.18. The van der Waals surface area contributed by atoms with Crippen molar-refractivity contribution in [3.63, 3.8) is 0 Å². The Morgan fingerprint density at radius 1 is 1.05 bits per heavy atom. The van der Waals surface area contributed by atoms with Gasteiger partial charge < -0.3 is 10.4 Å². The van der Waals surface area contributed by atoms with E-state index in [0.717, 1.165) is 23.7 Å². The highest BCUT2D eigenvalue weighted by atomic mass is 19.1. The average Bonchev–Trinajstić information content (AvgIpc) is 2.41. The van der Waals surface area contributed by atoms with E-state index in [1.165, 1.54) is 50.3 Å². The lowest BCUT2D eigenvalue weighted by atomic mass is 9.54. The number of rotatable bonds is 3. The minimum atomic E-state index is -0.273. The largest absolute Gasteiger partial charge is 0.508 e. The second kappa shape index (κ2) is 4.73. The zero-order chi connectivity index (χ0) is 13.7. The van der Waals surface area contributed by atoms with Crippen LogP contribution >= 0.6 is 0 Å². The van der Waals surface area contributed by atoms with Gasteiger partial charge in [-0.25, -0.2) is 4.39 Å². The van der Waals surface area contributed by atoms with E-state index in [1.54, 1.807) is 0 Å². The van der Waals surface area contributed by atoms with Crippen LogP contribution in [0.2, 0.25) is 0 Å². The van der Waals surface area contributed by atoms with Crippen molar-refractivity contribution in [2.75, 3.05) is 0 Å². The third kappa shape index (κ3) is 2.12. The second-order valence-corrected chi connectivity index (χ2v) is 7.11. The lowest BCUT2D eigenvalue weighted by Gasteiger charge is -2.54. The van der Waals surface area contributed by atoms with Gasteiger partial charge in [-0.2, -0.15) is 0 Å². The Morgan fingerprint density at radius 3 is 2.35 bits per heavy atom. The number of nitrogens with one attached hydrogen (secondary N) is 1. The van der Waals surface area contributed by atoms with Gasteiger partial charge >= 0.3 is 0 Å². The van der Waals surface area contributed by atoms with E-state index in [4.69, 9.17) is 0 Å². The highest BCUT2D eigenvalue weighted by Crippen LogP contribution is 2.53. The molecule has 0 aliphatic heterocycles. The molecule has 108 valence electrons. The highest BCUT2D eigenvalue weighted by molar-refractivity contribution is 5.32. The van der Waals surface area contributed by atoms with E-state index >= 15 is 0 Å². The van der Waals surface area contributed by atoms with Crippen molar-refractivity contribution in [2.45, 2.75) is 44.7 Å². The maximum Gasteiger partial charge on any atom is 0.123 e. The number of hydrogen-bond acceptors (Lipinski definition) is 2. The molecule has 0 spiro atoms. The maximum atomic E-state index is 13.3. The first kappa shape index (κ1) is 12.6. The Hall–Kier alpha value is -1.09. The number of benzene rings is 1. The van der Waals surface area contributed by atoms with E-state index in [2.05, 4.69) is 5.32 Å². The summed E-state index contributed by atoms with van der Waals surface area (Å²) in [4.78, 5) is 0. The lowest BCUT2D eigenvalue weighted by molar-refractivity contribution is -0.0143.